The number of hydrogen-bond acceptors (Lipinski definition) is 2. The van der Waals surface area contributed by atoms with Gasteiger partial charge in [-0.05, 0) is 12.5 Å². The van der Waals surface area contributed by atoms with Crippen LogP contribution in [0.4, 0.5) is 0 Å². The second-order valence-corrected chi connectivity index (χ2v) is 4.12. The minimum absolute atomic E-state index is 0.283. The van der Waals surface area contributed by atoms with Gasteiger partial charge in [0.15, 0.2) is 0 Å². The first-order valence-electron chi connectivity index (χ1n) is 5.19. The Kier molecular flexibility index (Phi) is 2.85. The van der Waals surface area contributed by atoms with Crippen molar-refractivity contribution in [1.82, 2.24) is 5.32 Å². The summed E-state index contributed by atoms with van der Waals surface area (Å²) in [4.78, 5) is 0. The summed E-state index contributed by atoms with van der Waals surface area (Å²) in [6.45, 7) is 4.33. The molecule has 1 heterocycles. The van der Waals surface area contributed by atoms with E-state index < -0.39 is 0 Å². The number of nitrogens with one attached hydrogen (secondary N) is 1. The molecule has 0 aliphatic carbocycles. The molecule has 76 valence electrons. The third-order valence-corrected chi connectivity index (χ3v) is 3.04. The van der Waals surface area contributed by atoms with E-state index in [-0.39, 0.29) is 6.61 Å². The maximum Gasteiger partial charge on any atom is 0.0477 e. The summed E-state index contributed by atoms with van der Waals surface area (Å²) in [5.41, 5.74) is 2.65. The van der Waals surface area contributed by atoms with Gasteiger partial charge in [-0.15, -0.1) is 0 Å². The zero-order valence-electron chi connectivity index (χ0n) is 8.53. The minimum atomic E-state index is 0.283. The second-order valence-electron chi connectivity index (χ2n) is 4.12. The monoisotopic (exact) mass is 191 g/mol. The smallest absolute Gasteiger partial charge is 0.0477 e. The highest BCUT2D eigenvalue weighted by molar-refractivity contribution is 5.27. The minimum Gasteiger partial charge on any atom is -0.396 e. The lowest BCUT2D eigenvalue weighted by Crippen LogP contribution is -2.14. The molecule has 2 nitrogen and oxygen atoms in total. The van der Waals surface area contributed by atoms with Gasteiger partial charge in [0.2, 0.25) is 0 Å². The normalized spacial score (nSPS) is 26.7. The molecule has 14 heavy (non-hydrogen) atoms. The molecule has 1 aromatic carbocycles. The Morgan fingerprint density at radius 1 is 1.43 bits per heavy atom. The summed E-state index contributed by atoms with van der Waals surface area (Å²) in [7, 11) is 0. The quantitative estimate of drug-likeness (QED) is 0.738. The predicted octanol–water partition coefficient (Wildman–Crippen LogP) is 1.29. The van der Waals surface area contributed by atoms with E-state index in [9.17, 15) is 5.11 Å². The number of aliphatic hydroxyl groups is 1. The van der Waals surface area contributed by atoms with Crippen LogP contribution in [0.3, 0.4) is 0 Å². The Labute approximate surface area is 85.0 Å². The van der Waals surface area contributed by atoms with Gasteiger partial charge in [-0.2, -0.15) is 0 Å². The topological polar surface area (TPSA) is 32.3 Å². The van der Waals surface area contributed by atoms with E-state index in [1.807, 2.05) is 0 Å². The molecule has 1 aliphatic rings. The summed E-state index contributed by atoms with van der Waals surface area (Å²) < 4.78 is 0. The van der Waals surface area contributed by atoms with Crippen LogP contribution in [0.1, 0.15) is 17.0 Å². The van der Waals surface area contributed by atoms with Crippen molar-refractivity contribution in [3.05, 3.63) is 35.4 Å². The number of aryl methyl sites for hydroxylation is 1. The molecule has 1 aromatic rings. The Bertz CT molecular complexity index is 311. The van der Waals surface area contributed by atoms with Gasteiger partial charge in [-0.25, -0.2) is 0 Å². The lowest BCUT2D eigenvalue weighted by molar-refractivity contribution is 0.226. The van der Waals surface area contributed by atoms with Gasteiger partial charge >= 0.3 is 0 Å². The molecule has 0 bridgehead atoms. The SMILES string of the molecule is Cc1cccc([C@H]2CNC[C@@H]2CO)c1. The average molecular weight is 191 g/mol. The van der Waals surface area contributed by atoms with Crippen LogP contribution in [-0.4, -0.2) is 24.8 Å². The Morgan fingerprint density at radius 2 is 2.29 bits per heavy atom. The van der Waals surface area contributed by atoms with Crippen LogP contribution in [0.15, 0.2) is 24.3 Å². The average Bonchev–Trinajstić information content (AvgIpc) is 2.65. The van der Waals surface area contributed by atoms with E-state index in [2.05, 4.69) is 36.5 Å². The molecule has 2 atom stereocenters. The van der Waals surface area contributed by atoms with Crippen molar-refractivity contribution in [2.24, 2.45) is 5.92 Å². The number of rotatable bonds is 2. The molecule has 0 aromatic heterocycles. The molecule has 0 amide bonds. The zero-order chi connectivity index (χ0) is 9.97. The summed E-state index contributed by atoms with van der Waals surface area (Å²) in [5, 5.41) is 12.6. The predicted molar refractivity (Wildman–Crippen MR) is 57.4 cm³/mol. The highest BCUT2D eigenvalue weighted by Gasteiger charge is 2.27. The number of aliphatic hydroxyl groups excluding tert-OH is 1. The molecule has 0 radical (unpaired) electrons. The number of benzene rings is 1. The maximum atomic E-state index is 9.23. The Balaban J connectivity index is 2.21. The van der Waals surface area contributed by atoms with E-state index >= 15 is 0 Å². The third-order valence-electron chi connectivity index (χ3n) is 3.04. The van der Waals surface area contributed by atoms with Crippen LogP contribution in [0.5, 0.6) is 0 Å². The Morgan fingerprint density at radius 3 is 3.00 bits per heavy atom. The first-order chi connectivity index (χ1) is 6.81. The van der Waals surface area contributed by atoms with Crippen LogP contribution in [0.25, 0.3) is 0 Å². The van der Waals surface area contributed by atoms with Crippen molar-refractivity contribution in [1.29, 1.82) is 0 Å². The summed E-state index contributed by atoms with van der Waals surface area (Å²) >= 11 is 0. The largest absolute Gasteiger partial charge is 0.396 e. The first-order valence-corrected chi connectivity index (χ1v) is 5.19. The number of hydrogen-bond donors (Lipinski definition) is 2. The Hall–Kier alpha value is -0.860. The van der Waals surface area contributed by atoms with Gasteiger partial charge < -0.3 is 10.4 Å². The molecule has 0 spiro atoms. The van der Waals surface area contributed by atoms with Crippen molar-refractivity contribution in [2.45, 2.75) is 12.8 Å². The molecule has 2 N–H and O–H groups in total. The van der Waals surface area contributed by atoms with Gasteiger partial charge in [0.05, 0.1) is 0 Å². The molecule has 1 fully saturated rings. The van der Waals surface area contributed by atoms with Crippen molar-refractivity contribution < 1.29 is 5.11 Å². The van der Waals surface area contributed by atoms with Crippen molar-refractivity contribution in [2.75, 3.05) is 19.7 Å². The summed E-state index contributed by atoms with van der Waals surface area (Å²) in [6.07, 6.45) is 0. The fourth-order valence-corrected chi connectivity index (χ4v) is 2.22. The third kappa shape index (κ3) is 1.81. The van der Waals surface area contributed by atoms with E-state index in [0.717, 1.165) is 13.1 Å². The molecule has 1 aliphatic heterocycles. The lowest BCUT2D eigenvalue weighted by atomic mass is 9.89. The van der Waals surface area contributed by atoms with Crippen molar-refractivity contribution >= 4 is 0 Å². The molecule has 1 saturated heterocycles. The van der Waals surface area contributed by atoms with Crippen LogP contribution in [0, 0.1) is 12.8 Å². The molecular weight excluding hydrogens is 174 g/mol. The van der Waals surface area contributed by atoms with Crippen molar-refractivity contribution in [3.8, 4) is 0 Å². The van der Waals surface area contributed by atoms with Crippen LogP contribution in [-0.2, 0) is 0 Å². The van der Waals surface area contributed by atoms with E-state index in [1.54, 1.807) is 0 Å². The van der Waals surface area contributed by atoms with Crippen LogP contribution in [0.2, 0.25) is 0 Å². The summed E-state index contributed by atoms with van der Waals surface area (Å²) in [6, 6.07) is 8.59. The summed E-state index contributed by atoms with van der Waals surface area (Å²) in [5.74, 6) is 0.872. The van der Waals surface area contributed by atoms with Gasteiger partial charge in [-0.3, -0.25) is 0 Å². The molecule has 2 rings (SSSR count). The zero-order valence-corrected chi connectivity index (χ0v) is 8.53. The van der Waals surface area contributed by atoms with Crippen LogP contribution < -0.4 is 5.32 Å². The highest BCUT2D eigenvalue weighted by atomic mass is 16.3. The fourth-order valence-electron chi connectivity index (χ4n) is 2.22. The standard InChI is InChI=1S/C12H17NO/c1-9-3-2-4-10(5-9)12-7-13-6-11(12)8-14/h2-5,11-14H,6-8H2,1H3/t11-,12-/m1/s1. The second kappa shape index (κ2) is 4.11. The van der Waals surface area contributed by atoms with Gasteiger partial charge in [0.1, 0.15) is 0 Å². The van der Waals surface area contributed by atoms with E-state index in [0.29, 0.717) is 11.8 Å². The van der Waals surface area contributed by atoms with Gasteiger partial charge in [0, 0.05) is 31.5 Å². The van der Waals surface area contributed by atoms with Gasteiger partial charge in [0.25, 0.3) is 0 Å². The molecule has 0 unspecified atom stereocenters. The van der Waals surface area contributed by atoms with E-state index in [4.69, 9.17) is 0 Å². The first kappa shape index (κ1) is 9.69. The lowest BCUT2D eigenvalue weighted by Gasteiger charge is -2.16. The highest BCUT2D eigenvalue weighted by Crippen LogP contribution is 2.27. The van der Waals surface area contributed by atoms with Gasteiger partial charge in [-0.1, -0.05) is 29.8 Å². The van der Waals surface area contributed by atoms with Crippen LogP contribution >= 0.6 is 0 Å². The molecule has 0 saturated carbocycles. The van der Waals surface area contributed by atoms with Crippen molar-refractivity contribution in [3.63, 3.8) is 0 Å². The molecule has 2 heteroatoms. The van der Waals surface area contributed by atoms with E-state index in [1.165, 1.54) is 11.1 Å². The maximum absolute atomic E-state index is 9.23. The fraction of sp³-hybridized carbons (Fsp3) is 0.500. The molecular formula is C12H17NO.